The number of carboxylic acid groups (broad SMARTS) is 1. The highest BCUT2D eigenvalue weighted by molar-refractivity contribution is 5.95. The number of nitrogens with two attached hydrogens (primary N) is 3. The Morgan fingerprint density at radius 2 is 1.27 bits per heavy atom. The number of hydrogen-bond donors (Lipinski definition) is 10. The average molecular weight is 633 g/mol. The van der Waals surface area contributed by atoms with E-state index in [1.165, 1.54) is 0 Å². The smallest absolute Gasteiger partial charge is 0.303 e. The van der Waals surface area contributed by atoms with Crippen LogP contribution in [0.15, 0.2) is 0 Å². The zero-order chi connectivity index (χ0) is 34.4. The van der Waals surface area contributed by atoms with Gasteiger partial charge in [-0.15, -0.1) is 0 Å². The summed E-state index contributed by atoms with van der Waals surface area (Å²) in [5, 5.41) is 29.8. The van der Waals surface area contributed by atoms with E-state index in [-0.39, 0.29) is 51.7 Å². The maximum Gasteiger partial charge on any atom is 0.303 e. The minimum Gasteiger partial charge on any atom is -0.481 e. The molecule has 0 aliphatic carbocycles. The lowest BCUT2D eigenvalue weighted by molar-refractivity contribution is -0.137. The molecule has 0 rings (SSSR count). The van der Waals surface area contributed by atoms with E-state index in [2.05, 4.69) is 26.6 Å². The van der Waals surface area contributed by atoms with Gasteiger partial charge >= 0.3 is 5.97 Å². The maximum atomic E-state index is 13.3. The first-order chi connectivity index (χ1) is 21.2. The van der Waals surface area contributed by atoms with E-state index in [0.717, 1.165) is 0 Å². The van der Waals surface area contributed by atoms with Crippen LogP contribution < -0.4 is 43.8 Å². The van der Waals surface area contributed by atoms with Gasteiger partial charge in [0.25, 0.3) is 0 Å². The molecule has 250 valence electrons. The SMILES string of the molecule is [3H]C(=O)CCC(NC(=O)C(CCC(=O)NCCCCN)NC(=O)C(CCC(=O)NCCO)NC(=O)C(N)CCC(=O)O)C(N)=O. The summed E-state index contributed by atoms with van der Waals surface area (Å²) < 4.78 is 7.03. The van der Waals surface area contributed by atoms with E-state index in [1.54, 1.807) is 0 Å². The summed E-state index contributed by atoms with van der Waals surface area (Å²) in [7, 11) is 0. The molecule has 0 heterocycles. The number of rotatable bonds is 25. The van der Waals surface area contributed by atoms with Crippen LogP contribution in [0.2, 0.25) is 0 Å². The van der Waals surface area contributed by atoms with Gasteiger partial charge in [0, 0.05) is 38.8 Å². The Morgan fingerprint density at radius 1 is 0.750 bits per heavy atom. The fourth-order valence-corrected chi connectivity index (χ4v) is 3.68. The predicted molar refractivity (Wildman–Crippen MR) is 155 cm³/mol. The lowest BCUT2D eigenvalue weighted by Crippen LogP contribution is -2.57. The van der Waals surface area contributed by atoms with Crippen molar-refractivity contribution in [2.24, 2.45) is 17.2 Å². The van der Waals surface area contributed by atoms with Gasteiger partial charge in [-0.2, -0.15) is 0 Å². The van der Waals surface area contributed by atoms with Crippen LogP contribution >= 0.6 is 0 Å². The zero-order valence-electron chi connectivity index (χ0n) is 25.6. The van der Waals surface area contributed by atoms with E-state index in [0.29, 0.717) is 25.9 Å². The highest BCUT2D eigenvalue weighted by Gasteiger charge is 2.30. The first kappa shape index (κ1) is 37.9. The van der Waals surface area contributed by atoms with Gasteiger partial charge in [-0.3, -0.25) is 33.6 Å². The first-order valence-corrected chi connectivity index (χ1v) is 14.2. The van der Waals surface area contributed by atoms with Crippen molar-refractivity contribution < 1.29 is 49.9 Å². The Kier molecular flexibility index (Phi) is 20.1. The molecule has 44 heavy (non-hydrogen) atoms. The first-order valence-electron chi connectivity index (χ1n) is 14.7. The van der Waals surface area contributed by atoms with E-state index >= 15 is 0 Å². The molecule has 0 spiro atoms. The van der Waals surface area contributed by atoms with Gasteiger partial charge in [0.1, 0.15) is 25.8 Å². The summed E-state index contributed by atoms with van der Waals surface area (Å²) in [6.07, 6.45) is -2.25. The highest BCUT2D eigenvalue weighted by atomic mass is 16.4. The zero-order valence-corrected chi connectivity index (χ0v) is 24.6. The fraction of sp³-hybridized carbons (Fsp3) is 0.692. The van der Waals surface area contributed by atoms with Crippen LogP contribution in [-0.2, 0) is 38.4 Å². The number of amides is 6. The van der Waals surface area contributed by atoms with E-state index < -0.39 is 84.7 Å². The van der Waals surface area contributed by atoms with Gasteiger partial charge in [-0.1, -0.05) is 0 Å². The maximum absolute atomic E-state index is 13.3. The van der Waals surface area contributed by atoms with E-state index in [9.17, 15) is 38.4 Å². The van der Waals surface area contributed by atoms with Crippen LogP contribution in [0.4, 0.5) is 0 Å². The Bertz CT molecular complexity index is 1030. The van der Waals surface area contributed by atoms with E-state index in [4.69, 9.17) is 28.8 Å². The molecule has 4 unspecified atom stereocenters. The minimum absolute atomic E-state index is 0.0640. The fourth-order valence-electron chi connectivity index (χ4n) is 3.68. The Labute approximate surface area is 256 Å². The van der Waals surface area contributed by atoms with Gasteiger partial charge < -0.3 is 58.8 Å². The van der Waals surface area contributed by atoms with Gasteiger partial charge in [-0.05, 0) is 45.1 Å². The summed E-state index contributed by atoms with van der Waals surface area (Å²) in [5.74, 6) is -6.07. The van der Waals surface area contributed by atoms with Crippen LogP contribution in [0.3, 0.4) is 0 Å². The largest absolute Gasteiger partial charge is 0.481 e. The van der Waals surface area contributed by atoms with Gasteiger partial charge in [0.05, 0.1) is 12.6 Å². The van der Waals surface area contributed by atoms with Crippen LogP contribution in [0.1, 0.15) is 65.6 Å². The molecule has 0 saturated carbocycles. The summed E-state index contributed by atoms with van der Waals surface area (Å²) in [4.78, 5) is 97.4. The van der Waals surface area contributed by atoms with Crippen LogP contribution in [0, 0.1) is 0 Å². The second-order valence-electron chi connectivity index (χ2n) is 9.80. The molecule has 0 aromatic rings. The molecule has 0 saturated heterocycles. The second-order valence-corrected chi connectivity index (χ2v) is 9.80. The predicted octanol–water partition coefficient (Wildman–Crippen LogP) is -4.38. The number of aliphatic carboxylic acids is 1. The molecule has 6 amide bonds. The van der Waals surface area contributed by atoms with Crippen LogP contribution in [-0.4, -0.2) is 108 Å². The molecule has 0 aliphatic rings. The van der Waals surface area contributed by atoms with Crippen LogP contribution in [0.25, 0.3) is 0 Å². The molecule has 0 radical (unpaired) electrons. The molecular weight excluding hydrogens is 584 g/mol. The monoisotopic (exact) mass is 632 g/mol. The lowest BCUT2D eigenvalue weighted by Gasteiger charge is -2.25. The summed E-state index contributed by atoms with van der Waals surface area (Å²) in [5.41, 5.74) is 16.5. The number of unbranched alkanes of at least 4 members (excludes halogenated alkanes) is 1. The minimum atomic E-state index is -1.47. The molecule has 0 bridgehead atoms. The van der Waals surface area contributed by atoms with Gasteiger partial charge in [-0.25, -0.2) is 0 Å². The average Bonchev–Trinajstić information content (AvgIpc) is 2.98. The third-order valence-corrected chi connectivity index (χ3v) is 6.17. The van der Waals surface area contributed by atoms with Crippen molar-refractivity contribution in [1.29, 1.82) is 0 Å². The highest BCUT2D eigenvalue weighted by Crippen LogP contribution is 2.06. The Balaban J connectivity index is 5.92. The molecule has 0 aliphatic heterocycles. The third kappa shape index (κ3) is 18.4. The molecule has 0 aromatic heterocycles. The Morgan fingerprint density at radius 3 is 1.75 bits per heavy atom. The van der Waals surface area contributed by atoms with Crippen molar-refractivity contribution in [3.8, 4) is 0 Å². The number of aliphatic hydroxyl groups excluding tert-OH is 1. The van der Waals surface area contributed by atoms with Crippen molar-refractivity contribution in [1.82, 2.24) is 26.6 Å². The van der Waals surface area contributed by atoms with Gasteiger partial charge in [0.2, 0.25) is 35.4 Å². The molecule has 0 fully saturated rings. The van der Waals surface area contributed by atoms with Crippen molar-refractivity contribution >= 4 is 47.7 Å². The molecule has 18 heteroatoms. The summed E-state index contributed by atoms with van der Waals surface area (Å²) in [6, 6.07) is -5.63. The number of aldehydes is 1. The number of carbonyl (C=O) groups excluding carboxylic acids is 7. The molecule has 0 aromatic carbocycles. The van der Waals surface area contributed by atoms with Crippen molar-refractivity contribution in [3.63, 3.8) is 0 Å². The summed E-state index contributed by atoms with van der Waals surface area (Å²) in [6.45, 7) is 0.344. The quantitative estimate of drug-likeness (QED) is 0.0337. The number of hydrogen-bond acceptors (Lipinski definition) is 11. The number of primary amides is 1. The van der Waals surface area contributed by atoms with Crippen molar-refractivity contribution in [2.75, 3.05) is 26.2 Å². The van der Waals surface area contributed by atoms with Crippen LogP contribution in [0.5, 0.6) is 0 Å². The van der Waals surface area contributed by atoms with Gasteiger partial charge in [0.15, 0.2) is 0 Å². The number of carboxylic acids is 1. The van der Waals surface area contributed by atoms with E-state index in [1.807, 2.05) is 0 Å². The molecule has 4 atom stereocenters. The molecule has 18 nitrogen and oxygen atoms in total. The summed E-state index contributed by atoms with van der Waals surface area (Å²) >= 11 is 0. The number of aliphatic hydroxyl groups is 1. The number of carbonyl (C=O) groups is 8. The number of nitrogens with one attached hydrogen (secondary N) is 5. The van der Waals surface area contributed by atoms with Crippen molar-refractivity contribution in [3.05, 3.63) is 0 Å². The molecule has 13 N–H and O–H groups in total. The lowest BCUT2D eigenvalue weighted by atomic mass is 10.0. The standard InChI is InChI=1S/C26H46N8O10/c27-11-1-2-12-30-20(37)8-7-19(25(43)32-17(23(29)41)4-3-14-35)34-26(44)18(6-9-21(38)31-13-15-36)33-24(42)16(28)5-10-22(39)40/h14,16-19,36H,1-13,15,27-28H2,(H2,29,41)(H,30,37)(H,31,38)(H,32,43)(H,33,42)(H,34,44)(H,39,40)/i14T. The Hall–Kier alpha value is -4.16. The second kappa shape index (κ2) is 23.3. The van der Waals surface area contributed by atoms with Crippen molar-refractivity contribution in [2.45, 2.75) is 88.4 Å². The molecular formula is C26H46N8O10. The topological polar surface area (TPSA) is 315 Å². The third-order valence-electron chi connectivity index (χ3n) is 6.17. The normalized spacial score (nSPS) is 13.7.